The Labute approximate surface area is 115 Å². The molecule has 0 aromatic heterocycles. The highest BCUT2D eigenvalue weighted by Gasteiger charge is 2.15. The van der Waals surface area contributed by atoms with Crippen LogP contribution >= 0.6 is 11.8 Å². The average molecular weight is 264 g/mol. The summed E-state index contributed by atoms with van der Waals surface area (Å²) in [5.74, 6) is 1.15. The van der Waals surface area contributed by atoms with E-state index < -0.39 is 0 Å². The molecule has 0 amide bonds. The van der Waals surface area contributed by atoms with E-state index in [2.05, 4.69) is 48.5 Å². The Hall–Kier alpha value is -0.510. The molecule has 0 aliphatic carbocycles. The molecule has 2 rings (SSSR count). The van der Waals surface area contributed by atoms with Gasteiger partial charge < -0.3 is 10.2 Å². The predicted molar refractivity (Wildman–Crippen MR) is 80.2 cm³/mol. The Balaban J connectivity index is 1.80. The molecular weight excluding hydrogens is 240 g/mol. The zero-order valence-electron chi connectivity index (χ0n) is 11.5. The van der Waals surface area contributed by atoms with E-state index in [9.17, 15) is 0 Å². The summed E-state index contributed by atoms with van der Waals surface area (Å²) in [7, 11) is 2.22. The number of thioether (sulfide) groups is 1. The molecule has 100 valence electrons. The zero-order valence-corrected chi connectivity index (χ0v) is 12.3. The molecule has 1 saturated heterocycles. The van der Waals surface area contributed by atoms with E-state index in [0.29, 0.717) is 6.04 Å². The first-order chi connectivity index (χ1) is 8.78. The van der Waals surface area contributed by atoms with Gasteiger partial charge in [-0.3, -0.25) is 0 Å². The fourth-order valence-corrected chi connectivity index (χ4v) is 3.18. The Morgan fingerprint density at radius 1 is 1.33 bits per heavy atom. The number of hydrogen-bond acceptors (Lipinski definition) is 3. The van der Waals surface area contributed by atoms with Crippen LogP contribution in [0, 0.1) is 0 Å². The highest BCUT2D eigenvalue weighted by atomic mass is 32.2. The first kappa shape index (κ1) is 13.9. The number of nitrogens with zero attached hydrogens (tertiary/aromatic N) is 1. The van der Waals surface area contributed by atoms with Crippen LogP contribution in [-0.2, 0) is 6.54 Å². The lowest BCUT2D eigenvalue weighted by molar-refractivity contribution is 0.293. The molecule has 1 aromatic carbocycles. The number of benzene rings is 1. The van der Waals surface area contributed by atoms with E-state index in [4.69, 9.17) is 0 Å². The van der Waals surface area contributed by atoms with Crippen molar-refractivity contribution in [1.29, 1.82) is 0 Å². The second-order valence-corrected chi connectivity index (χ2v) is 6.40. The van der Waals surface area contributed by atoms with Crippen molar-refractivity contribution in [2.24, 2.45) is 0 Å². The van der Waals surface area contributed by atoms with Gasteiger partial charge in [0.05, 0.1) is 0 Å². The smallest absolute Gasteiger partial charge is 0.0231 e. The van der Waals surface area contributed by atoms with Crippen molar-refractivity contribution in [1.82, 2.24) is 10.2 Å². The summed E-state index contributed by atoms with van der Waals surface area (Å²) in [6.07, 6.45) is 2.66. The van der Waals surface area contributed by atoms with E-state index in [1.54, 1.807) is 0 Å². The summed E-state index contributed by atoms with van der Waals surface area (Å²) >= 11 is 1.91. The Kier molecular flexibility index (Phi) is 5.54. The van der Waals surface area contributed by atoms with Crippen molar-refractivity contribution in [2.45, 2.75) is 37.2 Å². The molecule has 0 radical (unpaired) electrons. The van der Waals surface area contributed by atoms with Gasteiger partial charge in [0.15, 0.2) is 0 Å². The molecule has 1 fully saturated rings. The van der Waals surface area contributed by atoms with Gasteiger partial charge in [0, 0.05) is 24.0 Å². The van der Waals surface area contributed by atoms with Crippen LogP contribution in [0.15, 0.2) is 29.2 Å². The van der Waals surface area contributed by atoms with Gasteiger partial charge in [-0.15, -0.1) is 11.8 Å². The quantitative estimate of drug-likeness (QED) is 0.795. The van der Waals surface area contributed by atoms with Gasteiger partial charge in [-0.25, -0.2) is 0 Å². The van der Waals surface area contributed by atoms with Crippen LogP contribution in [0.4, 0.5) is 0 Å². The Morgan fingerprint density at radius 2 is 2.11 bits per heavy atom. The second-order valence-electron chi connectivity index (χ2n) is 5.07. The summed E-state index contributed by atoms with van der Waals surface area (Å²) in [5.41, 5.74) is 1.41. The lowest BCUT2D eigenvalue weighted by Gasteiger charge is -2.21. The Bertz CT molecular complexity index is 344. The Morgan fingerprint density at radius 3 is 2.72 bits per heavy atom. The number of hydrogen-bond donors (Lipinski definition) is 1. The van der Waals surface area contributed by atoms with Crippen LogP contribution in [0.3, 0.4) is 0 Å². The van der Waals surface area contributed by atoms with Crippen LogP contribution in [0.1, 0.15) is 25.3 Å². The fourth-order valence-electron chi connectivity index (χ4n) is 2.52. The third-order valence-corrected chi connectivity index (χ3v) is 4.28. The molecule has 0 bridgehead atoms. The lowest BCUT2D eigenvalue weighted by Crippen LogP contribution is -2.34. The van der Waals surface area contributed by atoms with Gasteiger partial charge in [0.2, 0.25) is 0 Å². The third-order valence-electron chi connectivity index (χ3n) is 3.38. The molecule has 1 aliphatic rings. The molecule has 3 heteroatoms. The van der Waals surface area contributed by atoms with Crippen molar-refractivity contribution in [3.05, 3.63) is 29.8 Å². The highest BCUT2D eigenvalue weighted by molar-refractivity contribution is 7.99. The van der Waals surface area contributed by atoms with Gasteiger partial charge in [0.25, 0.3) is 0 Å². The molecule has 1 aliphatic heterocycles. The zero-order chi connectivity index (χ0) is 12.8. The molecule has 0 saturated carbocycles. The van der Waals surface area contributed by atoms with Crippen molar-refractivity contribution in [3.8, 4) is 0 Å². The highest BCUT2D eigenvalue weighted by Crippen LogP contribution is 2.18. The largest absolute Gasteiger partial charge is 0.313 e. The van der Waals surface area contributed by atoms with E-state index >= 15 is 0 Å². The number of rotatable bonds is 6. The van der Waals surface area contributed by atoms with E-state index in [1.807, 2.05) is 11.8 Å². The van der Waals surface area contributed by atoms with E-state index in [0.717, 1.165) is 18.8 Å². The van der Waals surface area contributed by atoms with E-state index in [1.165, 1.54) is 29.8 Å². The molecule has 1 unspecified atom stereocenters. The minimum atomic E-state index is 0.699. The predicted octanol–water partition coefficient (Wildman–Crippen LogP) is 2.98. The average Bonchev–Trinajstić information content (AvgIpc) is 2.84. The van der Waals surface area contributed by atoms with E-state index in [-0.39, 0.29) is 0 Å². The second kappa shape index (κ2) is 7.17. The lowest BCUT2D eigenvalue weighted by atomic mass is 10.2. The van der Waals surface area contributed by atoms with Crippen molar-refractivity contribution in [2.75, 3.05) is 25.9 Å². The van der Waals surface area contributed by atoms with Crippen molar-refractivity contribution >= 4 is 11.8 Å². The maximum absolute atomic E-state index is 3.55. The van der Waals surface area contributed by atoms with Crippen LogP contribution in [0.5, 0.6) is 0 Å². The number of likely N-dealkylation sites (N-methyl/N-ethyl adjacent to an activating group) is 1. The molecule has 2 nitrogen and oxygen atoms in total. The van der Waals surface area contributed by atoms with Gasteiger partial charge in [-0.05, 0) is 49.9 Å². The molecule has 1 N–H and O–H groups in total. The first-order valence-corrected chi connectivity index (χ1v) is 7.90. The summed E-state index contributed by atoms with van der Waals surface area (Å²) in [5, 5.41) is 3.55. The maximum atomic E-state index is 3.55. The summed E-state index contributed by atoms with van der Waals surface area (Å²) < 4.78 is 0. The fraction of sp³-hybridized carbons (Fsp3) is 0.600. The van der Waals surface area contributed by atoms with Crippen LogP contribution in [0.25, 0.3) is 0 Å². The summed E-state index contributed by atoms with van der Waals surface area (Å²) in [4.78, 5) is 3.80. The topological polar surface area (TPSA) is 15.3 Å². The van der Waals surface area contributed by atoms with Crippen LogP contribution in [-0.4, -0.2) is 36.8 Å². The molecule has 1 atom stereocenters. The minimum absolute atomic E-state index is 0.699. The monoisotopic (exact) mass is 264 g/mol. The molecule has 0 spiro atoms. The molecular formula is C15H24N2S. The van der Waals surface area contributed by atoms with Gasteiger partial charge >= 0.3 is 0 Å². The summed E-state index contributed by atoms with van der Waals surface area (Å²) in [6.45, 7) is 5.60. The normalized spacial score (nSPS) is 19.6. The standard InChI is InChI=1S/C15H24N2S/c1-3-18-15-8-6-13(7-9-15)11-17(2)12-14-5-4-10-16-14/h6-9,14,16H,3-5,10-12H2,1-2H3. The molecule has 18 heavy (non-hydrogen) atoms. The molecule has 1 heterocycles. The first-order valence-electron chi connectivity index (χ1n) is 6.91. The maximum Gasteiger partial charge on any atom is 0.0231 e. The van der Waals surface area contributed by atoms with Gasteiger partial charge in [-0.1, -0.05) is 19.1 Å². The van der Waals surface area contributed by atoms with Crippen LogP contribution < -0.4 is 5.32 Å². The third kappa shape index (κ3) is 4.30. The number of nitrogens with one attached hydrogen (secondary N) is 1. The minimum Gasteiger partial charge on any atom is -0.313 e. The van der Waals surface area contributed by atoms with Crippen LogP contribution in [0.2, 0.25) is 0 Å². The summed E-state index contributed by atoms with van der Waals surface area (Å²) in [6, 6.07) is 9.70. The van der Waals surface area contributed by atoms with Crippen molar-refractivity contribution < 1.29 is 0 Å². The van der Waals surface area contributed by atoms with Crippen molar-refractivity contribution in [3.63, 3.8) is 0 Å². The SMILES string of the molecule is CCSc1ccc(CN(C)CC2CCCN2)cc1. The molecule has 1 aromatic rings. The van der Waals surface area contributed by atoms with Gasteiger partial charge in [-0.2, -0.15) is 0 Å². The van der Waals surface area contributed by atoms with Gasteiger partial charge in [0.1, 0.15) is 0 Å².